The summed E-state index contributed by atoms with van der Waals surface area (Å²) in [7, 11) is 0. The third-order valence-electron chi connectivity index (χ3n) is 3.46. The number of hydrogen-bond donors (Lipinski definition) is 1. The number of rotatable bonds is 2. The van der Waals surface area contributed by atoms with Gasteiger partial charge in [0.2, 0.25) is 11.8 Å². The van der Waals surface area contributed by atoms with Gasteiger partial charge >= 0.3 is 0 Å². The van der Waals surface area contributed by atoms with E-state index in [0.29, 0.717) is 5.69 Å². The molecule has 1 saturated heterocycles. The first-order valence-electron chi connectivity index (χ1n) is 5.39. The second-order valence-corrected chi connectivity index (χ2v) is 5.31. The number of hydrogen-bond acceptors (Lipinski definition) is 3. The van der Waals surface area contributed by atoms with E-state index in [9.17, 15) is 9.59 Å². The first kappa shape index (κ1) is 10.9. The molecule has 4 nitrogen and oxygen atoms in total. The van der Waals surface area contributed by atoms with Crippen LogP contribution in [0.15, 0.2) is 28.7 Å². The molecule has 3 rings (SSSR count). The fraction of sp³-hybridized carbons (Fsp3) is 0.333. The van der Waals surface area contributed by atoms with Crippen LogP contribution >= 0.6 is 15.9 Å². The number of aliphatic hydroxyl groups excluding tert-OH is 1. The van der Waals surface area contributed by atoms with E-state index in [2.05, 4.69) is 15.9 Å². The Kier molecular flexibility index (Phi) is 2.34. The zero-order valence-electron chi connectivity index (χ0n) is 8.84. The zero-order chi connectivity index (χ0) is 12.2. The van der Waals surface area contributed by atoms with Crippen LogP contribution in [-0.4, -0.2) is 23.5 Å². The Balaban J connectivity index is 1.93. The predicted molar refractivity (Wildman–Crippen MR) is 64.2 cm³/mol. The number of piperidine rings is 1. The second kappa shape index (κ2) is 3.65. The highest BCUT2D eigenvalue weighted by molar-refractivity contribution is 9.10. The van der Waals surface area contributed by atoms with Crippen molar-refractivity contribution in [1.82, 2.24) is 0 Å². The minimum atomic E-state index is -0.300. The maximum Gasteiger partial charge on any atom is 0.238 e. The van der Waals surface area contributed by atoms with Crippen LogP contribution in [0, 0.1) is 17.8 Å². The van der Waals surface area contributed by atoms with Gasteiger partial charge in [-0.25, -0.2) is 4.90 Å². The summed E-state index contributed by atoms with van der Waals surface area (Å²) in [5, 5.41) is 9.02. The zero-order valence-corrected chi connectivity index (χ0v) is 10.4. The average molecular weight is 296 g/mol. The molecule has 0 bridgehead atoms. The van der Waals surface area contributed by atoms with Gasteiger partial charge in [-0.2, -0.15) is 0 Å². The van der Waals surface area contributed by atoms with Crippen LogP contribution in [0.2, 0.25) is 0 Å². The fourth-order valence-corrected chi connectivity index (χ4v) is 2.94. The van der Waals surface area contributed by atoms with Crippen molar-refractivity contribution in [2.45, 2.75) is 0 Å². The van der Waals surface area contributed by atoms with E-state index in [1.807, 2.05) is 6.07 Å². The minimum absolute atomic E-state index is 0.0842. The van der Waals surface area contributed by atoms with Gasteiger partial charge in [-0.05, 0) is 18.2 Å². The Hall–Kier alpha value is -1.20. The minimum Gasteiger partial charge on any atom is -0.396 e. The molecule has 2 aliphatic rings. The van der Waals surface area contributed by atoms with Crippen LogP contribution in [0.4, 0.5) is 5.69 Å². The van der Waals surface area contributed by atoms with Gasteiger partial charge in [0.15, 0.2) is 0 Å². The maximum atomic E-state index is 12.0. The van der Waals surface area contributed by atoms with Gasteiger partial charge in [-0.1, -0.05) is 22.0 Å². The van der Waals surface area contributed by atoms with Crippen molar-refractivity contribution >= 4 is 33.4 Å². The Morgan fingerprint density at radius 3 is 2.41 bits per heavy atom. The van der Waals surface area contributed by atoms with Crippen LogP contribution in [0.3, 0.4) is 0 Å². The van der Waals surface area contributed by atoms with Gasteiger partial charge in [0.1, 0.15) is 0 Å². The van der Waals surface area contributed by atoms with Gasteiger partial charge in [-0.15, -0.1) is 0 Å². The van der Waals surface area contributed by atoms with Gasteiger partial charge in [0, 0.05) is 17.0 Å². The van der Waals surface area contributed by atoms with Crippen LogP contribution in [0.5, 0.6) is 0 Å². The summed E-state index contributed by atoms with van der Waals surface area (Å²) in [6.07, 6.45) is 0. The molecular formula is C12H10BrNO3. The summed E-state index contributed by atoms with van der Waals surface area (Å²) >= 11 is 3.31. The van der Waals surface area contributed by atoms with Gasteiger partial charge in [-0.3, -0.25) is 9.59 Å². The van der Waals surface area contributed by atoms with Crippen LogP contribution in [0.25, 0.3) is 0 Å². The predicted octanol–water partition coefficient (Wildman–Crippen LogP) is 1.18. The standard InChI is InChI=1S/C12H10BrNO3/c13-6-2-1-3-7(4-6)14-11(16)9-8(5-15)10(9)12(14)17/h1-4,8-10,15H,5H2. The molecule has 1 aliphatic carbocycles. The summed E-state index contributed by atoms with van der Waals surface area (Å²) in [5.74, 6) is -1.12. The SMILES string of the molecule is O=C1C2C(CO)C2C(=O)N1c1cccc(Br)c1. The topological polar surface area (TPSA) is 57.6 Å². The van der Waals surface area contributed by atoms with E-state index in [1.54, 1.807) is 18.2 Å². The van der Waals surface area contributed by atoms with E-state index in [-0.39, 0.29) is 36.2 Å². The Labute approximate surface area is 106 Å². The molecule has 1 N–H and O–H groups in total. The molecule has 2 unspecified atom stereocenters. The molecule has 1 aromatic rings. The molecule has 0 spiro atoms. The average Bonchev–Trinajstić information content (AvgIpc) is 2.97. The lowest BCUT2D eigenvalue weighted by atomic mass is 10.2. The molecule has 1 saturated carbocycles. The molecule has 88 valence electrons. The van der Waals surface area contributed by atoms with E-state index in [4.69, 9.17) is 5.11 Å². The molecule has 5 heteroatoms. The van der Waals surface area contributed by atoms with Gasteiger partial charge in [0.05, 0.1) is 17.5 Å². The Morgan fingerprint density at radius 1 is 1.24 bits per heavy atom. The van der Waals surface area contributed by atoms with Crippen molar-refractivity contribution in [2.75, 3.05) is 11.5 Å². The number of carbonyl (C=O) groups excluding carboxylic acids is 2. The highest BCUT2D eigenvalue weighted by atomic mass is 79.9. The summed E-state index contributed by atoms with van der Waals surface area (Å²) in [5.41, 5.74) is 0.596. The maximum absolute atomic E-state index is 12.0. The molecule has 17 heavy (non-hydrogen) atoms. The molecule has 2 amide bonds. The number of halogens is 1. The van der Waals surface area contributed by atoms with Crippen molar-refractivity contribution in [2.24, 2.45) is 17.8 Å². The Bertz CT molecular complexity index is 494. The number of anilines is 1. The Morgan fingerprint density at radius 2 is 1.88 bits per heavy atom. The van der Waals surface area contributed by atoms with Crippen LogP contribution < -0.4 is 4.90 Å². The first-order chi connectivity index (χ1) is 8.15. The fourth-order valence-electron chi connectivity index (χ4n) is 2.55. The van der Waals surface area contributed by atoms with E-state index in [0.717, 1.165) is 4.47 Å². The van der Waals surface area contributed by atoms with E-state index < -0.39 is 0 Å². The quantitative estimate of drug-likeness (QED) is 0.834. The van der Waals surface area contributed by atoms with Gasteiger partial charge < -0.3 is 5.11 Å². The number of imide groups is 1. The van der Waals surface area contributed by atoms with Crippen molar-refractivity contribution in [3.05, 3.63) is 28.7 Å². The summed E-state index contributed by atoms with van der Waals surface area (Å²) in [4.78, 5) is 25.3. The number of nitrogens with zero attached hydrogens (tertiary/aromatic N) is 1. The molecule has 1 heterocycles. The number of amides is 2. The second-order valence-electron chi connectivity index (χ2n) is 4.39. The monoisotopic (exact) mass is 295 g/mol. The molecular weight excluding hydrogens is 286 g/mol. The third-order valence-corrected chi connectivity index (χ3v) is 3.95. The third kappa shape index (κ3) is 1.46. The molecule has 1 aliphatic heterocycles. The summed E-state index contributed by atoms with van der Waals surface area (Å²) < 4.78 is 0.829. The molecule has 2 atom stereocenters. The summed E-state index contributed by atoms with van der Waals surface area (Å²) in [6, 6.07) is 7.10. The lowest BCUT2D eigenvalue weighted by Gasteiger charge is -2.18. The highest BCUT2D eigenvalue weighted by Crippen LogP contribution is 2.53. The highest BCUT2D eigenvalue weighted by Gasteiger charge is 2.67. The van der Waals surface area contributed by atoms with Gasteiger partial charge in [0.25, 0.3) is 0 Å². The first-order valence-corrected chi connectivity index (χ1v) is 6.18. The van der Waals surface area contributed by atoms with E-state index >= 15 is 0 Å². The van der Waals surface area contributed by atoms with Crippen LogP contribution in [-0.2, 0) is 9.59 Å². The number of carbonyl (C=O) groups is 2. The van der Waals surface area contributed by atoms with Crippen molar-refractivity contribution in [3.63, 3.8) is 0 Å². The molecule has 0 radical (unpaired) electrons. The number of fused-ring (bicyclic) bond motifs is 1. The van der Waals surface area contributed by atoms with E-state index in [1.165, 1.54) is 4.90 Å². The molecule has 0 aromatic heterocycles. The van der Waals surface area contributed by atoms with Crippen molar-refractivity contribution < 1.29 is 14.7 Å². The number of aliphatic hydroxyl groups is 1. The van der Waals surface area contributed by atoms with Crippen molar-refractivity contribution in [3.8, 4) is 0 Å². The molecule has 2 fully saturated rings. The molecule has 1 aromatic carbocycles. The van der Waals surface area contributed by atoms with Crippen LogP contribution in [0.1, 0.15) is 0 Å². The normalized spacial score (nSPS) is 30.7. The summed E-state index contributed by atoms with van der Waals surface area (Å²) in [6.45, 7) is -0.0842. The smallest absolute Gasteiger partial charge is 0.238 e. The lowest BCUT2D eigenvalue weighted by molar-refractivity contribution is -0.124. The largest absolute Gasteiger partial charge is 0.396 e. The lowest BCUT2D eigenvalue weighted by Crippen LogP contribution is -2.35. The van der Waals surface area contributed by atoms with Crippen molar-refractivity contribution in [1.29, 1.82) is 0 Å². The number of benzene rings is 1.